The number of aromatic amines is 1. The van der Waals surface area contributed by atoms with Crippen molar-refractivity contribution in [2.75, 3.05) is 19.4 Å². The van der Waals surface area contributed by atoms with E-state index < -0.39 is 23.6 Å². The molecule has 13 heteroatoms. The molecule has 3 amide bonds. The number of aromatic nitrogens is 5. The highest BCUT2D eigenvalue weighted by Crippen LogP contribution is 2.17. The largest absolute Gasteiger partial charge is 0.465 e. The summed E-state index contributed by atoms with van der Waals surface area (Å²) >= 11 is 0. The third-order valence-corrected chi connectivity index (χ3v) is 5.71. The van der Waals surface area contributed by atoms with Crippen LogP contribution in [0.3, 0.4) is 0 Å². The first-order valence-corrected chi connectivity index (χ1v) is 12.5. The van der Waals surface area contributed by atoms with E-state index in [2.05, 4.69) is 44.4 Å². The Morgan fingerprint density at radius 2 is 1.95 bits per heavy atom. The Balaban J connectivity index is 1.77. The van der Waals surface area contributed by atoms with E-state index in [1.54, 1.807) is 32.4 Å². The van der Waals surface area contributed by atoms with Crippen molar-refractivity contribution in [2.24, 2.45) is 5.92 Å². The molecule has 4 N–H and O–H groups in total. The van der Waals surface area contributed by atoms with Gasteiger partial charge in [0.15, 0.2) is 5.65 Å². The monoisotopic (exact) mass is 538 g/mol. The highest BCUT2D eigenvalue weighted by molar-refractivity contribution is 5.96. The number of pyridine rings is 1. The number of rotatable bonds is 11. The summed E-state index contributed by atoms with van der Waals surface area (Å²) < 4.78 is 1.38. The molecular formula is C26H34N8O5. The van der Waals surface area contributed by atoms with E-state index in [0.717, 1.165) is 12.1 Å². The molecule has 39 heavy (non-hydrogen) atoms. The van der Waals surface area contributed by atoms with Gasteiger partial charge in [-0.1, -0.05) is 19.9 Å². The number of imidazole rings is 1. The fourth-order valence-corrected chi connectivity index (χ4v) is 3.88. The van der Waals surface area contributed by atoms with E-state index in [1.165, 1.54) is 21.6 Å². The predicted molar refractivity (Wildman–Crippen MR) is 145 cm³/mol. The maximum absolute atomic E-state index is 13.1. The maximum atomic E-state index is 13.1. The zero-order valence-corrected chi connectivity index (χ0v) is 22.7. The van der Waals surface area contributed by atoms with Gasteiger partial charge in [-0.3, -0.25) is 14.4 Å². The smallest absolute Gasteiger partial charge is 0.405 e. The van der Waals surface area contributed by atoms with Crippen molar-refractivity contribution in [1.29, 1.82) is 0 Å². The molecule has 208 valence electrons. The normalized spacial score (nSPS) is 12.2. The Morgan fingerprint density at radius 1 is 1.21 bits per heavy atom. The number of anilines is 1. The van der Waals surface area contributed by atoms with Crippen LogP contribution in [0.1, 0.15) is 44.0 Å². The van der Waals surface area contributed by atoms with Gasteiger partial charge in [0.25, 0.3) is 5.56 Å². The van der Waals surface area contributed by atoms with Crippen LogP contribution in [0.15, 0.2) is 35.3 Å². The summed E-state index contributed by atoms with van der Waals surface area (Å²) in [6.07, 6.45) is 4.19. The summed E-state index contributed by atoms with van der Waals surface area (Å²) in [5, 5.41) is 13.9. The first kappa shape index (κ1) is 29.0. The van der Waals surface area contributed by atoms with Gasteiger partial charge in [-0.25, -0.2) is 19.7 Å². The molecule has 0 fully saturated rings. The Kier molecular flexibility index (Phi) is 9.52. The van der Waals surface area contributed by atoms with Gasteiger partial charge in [0.2, 0.25) is 11.8 Å². The molecule has 13 nitrogen and oxygen atoms in total. The average molecular weight is 539 g/mol. The molecule has 3 aromatic heterocycles. The van der Waals surface area contributed by atoms with Crippen LogP contribution in [-0.2, 0) is 22.6 Å². The molecule has 0 radical (unpaired) electrons. The van der Waals surface area contributed by atoms with E-state index in [1.807, 2.05) is 6.92 Å². The second-order valence-electron chi connectivity index (χ2n) is 9.75. The zero-order chi connectivity index (χ0) is 28.7. The molecule has 0 bridgehead atoms. The van der Waals surface area contributed by atoms with Crippen LogP contribution < -0.4 is 16.2 Å². The van der Waals surface area contributed by atoms with Gasteiger partial charge < -0.3 is 30.2 Å². The van der Waals surface area contributed by atoms with Crippen LogP contribution in [0.25, 0.3) is 11.2 Å². The molecule has 3 heterocycles. The lowest BCUT2D eigenvalue weighted by Gasteiger charge is -2.16. The van der Waals surface area contributed by atoms with Crippen LogP contribution in [-0.4, -0.2) is 72.6 Å². The number of carbonyl (C=O) groups excluding carboxylic acids is 2. The molecular weight excluding hydrogens is 504 g/mol. The standard InChI is InChI=1S/C26H34N8O5/c1-15(2)13-19-22-23(28-16(3)27-19)32-20(31-22)14-34-12-8-10-18(25(34)37)29-24(36)17(30-26(38)39)9-6-7-11-21(35)33(4)5/h7-8,10-12,15,17,30H,6,9,13-14H2,1-5H3,(H,29,36)(H,38,39)(H,27,28,31,32). The number of nitrogens with one attached hydrogen (secondary N) is 3. The SMILES string of the molecule is Cc1nc(CC(C)C)c2nc(Cn3cccc(NC(=O)C(CCC=CC(=O)N(C)C)NC(=O)O)c3=O)[nH]c2n1. The van der Waals surface area contributed by atoms with Crippen molar-refractivity contribution in [3.8, 4) is 0 Å². The van der Waals surface area contributed by atoms with Gasteiger partial charge in [0, 0.05) is 20.3 Å². The third kappa shape index (κ3) is 7.97. The van der Waals surface area contributed by atoms with E-state index in [0.29, 0.717) is 28.7 Å². The fraction of sp³-hybridized carbons (Fsp3) is 0.423. The lowest BCUT2D eigenvalue weighted by Crippen LogP contribution is -2.44. The number of aryl methyl sites for hydroxylation is 1. The lowest BCUT2D eigenvalue weighted by molar-refractivity contribution is -0.123. The molecule has 0 aliphatic carbocycles. The minimum Gasteiger partial charge on any atom is -0.465 e. The molecule has 0 saturated heterocycles. The van der Waals surface area contributed by atoms with Crippen LogP contribution in [0.5, 0.6) is 0 Å². The van der Waals surface area contributed by atoms with E-state index >= 15 is 0 Å². The summed E-state index contributed by atoms with van der Waals surface area (Å²) in [5.74, 6) is 0.591. The summed E-state index contributed by atoms with van der Waals surface area (Å²) in [6.45, 7) is 6.10. The minimum absolute atomic E-state index is 0.00902. The van der Waals surface area contributed by atoms with E-state index in [9.17, 15) is 19.2 Å². The average Bonchev–Trinajstić information content (AvgIpc) is 3.25. The summed E-state index contributed by atoms with van der Waals surface area (Å²) in [7, 11) is 3.21. The molecule has 0 spiro atoms. The van der Waals surface area contributed by atoms with Gasteiger partial charge in [-0.15, -0.1) is 0 Å². The Hall–Kier alpha value is -4.55. The second-order valence-corrected chi connectivity index (χ2v) is 9.75. The topological polar surface area (TPSA) is 175 Å². The molecule has 0 aromatic carbocycles. The van der Waals surface area contributed by atoms with Crippen molar-refractivity contribution in [3.05, 3.63) is 58.2 Å². The number of amides is 3. The number of H-pyrrole nitrogens is 1. The van der Waals surface area contributed by atoms with Gasteiger partial charge in [-0.05, 0) is 50.3 Å². The van der Waals surface area contributed by atoms with E-state index in [4.69, 9.17) is 5.11 Å². The zero-order valence-electron chi connectivity index (χ0n) is 22.7. The number of carbonyl (C=O) groups is 3. The van der Waals surface area contributed by atoms with Crippen LogP contribution in [0.4, 0.5) is 10.5 Å². The van der Waals surface area contributed by atoms with Crippen molar-refractivity contribution >= 4 is 34.8 Å². The highest BCUT2D eigenvalue weighted by Gasteiger charge is 2.21. The van der Waals surface area contributed by atoms with Crippen LogP contribution in [0, 0.1) is 12.8 Å². The molecule has 0 aliphatic rings. The Morgan fingerprint density at radius 3 is 2.62 bits per heavy atom. The van der Waals surface area contributed by atoms with Crippen molar-refractivity contribution in [1.82, 2.24) is 34.7 Å². The van der Waals surface area contributed by atoms with Crippen molar-refractivity contribution < 1.29 is 19.5 Å². The first-order chi connectivity index (χ1) is 18.4. The number of hydrogen-bond donors (Lipinski definition) is 4. The molecule has 3 rings (SSSR count). The van der Waals surface area contributed by atoms with E-state index in [-0.39, 0.29) is 31.0 Å². The number of allylic oxidation sites excluding steroid dienone is 1. The van der Waals surface area contributed by atoms with Gasteiger partial charge >= 0.3 is 6.09 Å². The van der Waals surface area contributed by atoms with Crippen LogP contribution >= 0.6 is 0 Å². The molecule has 1 atom stereocenters. The minimum atomic E-state index is -1.38. The summed E-state index contributed by atoms with van der Waals surface area (Å²) in [5.41, 5.74) is 1.59. The van der Waals surface area contributed by atoms with Crippen molar-refractivity contribution in [3.63, 3.8) is 0 Å². The molecule has 3 aromatic rings. The molecule has 0 aliphatic heterocycles. The van der Waals surface area contributed by atoms with Gasteiger partial charge in [0.05, 0.1) is 12.2 Å². The summed E-state index contributed by atoms with van der Waals surface area (Å²) in [6, 6.07) is 1.91. The number of likely N-dealkylation sites (N-methyl/N-ethyl adjacent to an activating group) is 1. The molecule has 0 saturated carbocycles. The quantitative estimate of drug-likeness (QED) is 0.268. The van der Waals surface area contributed by atoms with Gasteiger partial charge in [-0.2, -0.15) is 0 Å². The first-order valence-electron chi connectivity index (χ1n) is 12.5. The Bertz CT molecular complexity index is 1440. The third-order valence-electron chi connectivity index (χ3n) is 5.71. The highest BCUT2D eigenvalue weighted by atomic mass is 16.4. The summed E-state index contributed by atoms with van der Waals surface area (Å²) in [4.78, 5) is 67.0. The lowest BCUT2D eigenvalue weighted by atomic mass is 10.1. The second kappa shape index (κ2) is 12.8. The van der Waals surface area contributed by atoms with Crippen LogP contribution in [0.2, 0.25) is 0 Å². The predicted octanol–water partition coefficient (Wildman–Crippen LogP) is 2.07. The number of carboxylic acid groups (broad SMARTS) is 1. The maximum Gasteiger partial charge on any atom is 0.405 e. The van der Waals surface area contributed by atoms with Crippen molar-refractivity contribution in [2.45, 2.75) is 52.6 Å². The number of fused-ring (bicyclic) bond motifs is 1. The molecule has 1 unspecified atom stereocenters. The number of hydrogen-bond acceptors (Lipinski definition) is 7. The van der Waals surface area contributed by atoms with Gasteiger partial charge in [0.1, 0.15) is 28.9 Å². The number of nitrogens with zero attached hydrogens (tertiary/aromatic N) is 5. The fourth-order valence-electron chi connectivity index (χ4n) is 3.88. The Labute approximate surface area is 225 Å².